The van der Waals surface area contributed by atoms with Gasteiger partial charge in [0, 0.05) is 36.6 Å². The molecule has 0 spiro atoms. The fraction of sp³-hybridized carbons (Fsp3) is 0.529. The second-order valence-electron chi connectivity index (χ2n) is 6.42. The SMILES string of the molecule is Cn1c(CN2CCO[C@H](c3ccccc3Cl)C2)nnc1C1CC1. The van der Waals surface area contributed by atoms with Crippen molar-refractivity contribution in [3.05, 3.63) is 46.5 Å². The molecule has 1 aliphatic carbocycles. The summed E-state index contributed by atoms with van der Waals surface area (Å²) in [6, 6.07) is 7.92. The molecule has 0 N–H and O–H groups in total. The number of ether oxygens (including phenoxy) is 1. The maximum atomic E-state index is 6.31. The molecule has 2 aliphatic rings. The fourth-order valence-electron chi connectivity index (χ4n) is 3.18. The largest absolute Gasteiger partial charge is 0.371 e. The quantitative estimate of drug-likeness (QED) is 0.863. The topological polar surface area (TPSA) is 43.2 Å². The maximum Gasteiger partial charge on any atom is 0.146 e. The lowest BCUT2D eigenvalue weighted by atomic mass is 10.1. The third-order valence-corrected chi connectivity index (χ3v) is 5.05. The summed E-state index contributed by atoms with van der Waals surface area (Å²) in [6.07, 6.45) is 2.52. The molecular formula is C17H21ClN4O. The van der Waals surface area contributed by atoms with Crippen molar-refractivity contribution in [2.24, 2.45) is 7.05 Å². The van der Waals surface area contributed by atoms with Crippen molar-refractivity contribution in [2.45, 2.75) is 31.4 Å². The highest BCUT2D eigenvalue weighted by Gasteiger charge is 2.30. The van der Waals surface area contributed by atoms with Crippen molar-refractivity contribution >= 4 is 11.6 Å². The van der Waals surface area contributed by atoms with Crippen LogP contribution in [0.1, 0.15) is 42.1 Å². The molecule has 6 heteroatoms. The third-order valence-electron chi connectivity index (χ3n) is 4.71. The minimum absolute atomic E-state index is 0.0218. The van der Waals surface area contributed by atoms with Gasteiger partial charge in [-0.25, -0.2) is 0 Å². The Morgan fingerprint density at radius 1 is 1.26 bits per heavy atom. The predicted molar refractivity (Wildman–Crippen MR) is 88.4 cm³/mol. The van der Waals surface area contributed by atoms with Crippen molar-refractivity contribution in [1.82, 2.24) is 19.7 Å². The molecule has 0 bridgehead atoms. The van der Waals surface area contributed by atoms with Crippen molar-refractivity contribution in [1.29, 1.82) is 0 Å². The molecule has 0 amide bonds. The van der Waals surface area contributed by atoms with E-state index in [4.69, 9.17) is 16.3 Å². The highest BCUT2D eigenvalue weighted by Crippen LogP contribution is 2.39. The van der Waals surface area contributed by atoms with Crippen LogP contribution in [0.2, 0.25) is 5.02 Å². The van der Waals surface area contributed by atoms with E-state index in [1.807, 2.05) is 24.3 Å². The molecule has 1 aromatic heterocycles. The normalized spacial score (nSPS) is 22.4. The fourth-order valence-corrected chi connectivity index (χ4v) is 3.44. The monoisotopic (exact) mass is 332 g/mol. The van der Waals surface area contributed by atoms with E-state index >= 15 is 0 Å². The van der Waals surface area contributed by atoms with E-state index in [1.54, 1.807) is 0 Å². The third kappa shape index (κ3) is 3.13. The van der Waals surface area contributed by atoms with E-state index < -0.39 is 0 Å². The summed E-state index contributed by atoms with van der Waals surface area (Å²) in [4.78, 5) is 2.37. The number of halogens is 1. The van der Waals surface area contributed by atoms with Gasteiger partial charge in [-0.15, -0.1) is 10.2 Å². The van der Waals surface area contributed by atoms with Gasteiger partial charge in [0.05, 0.1) is 19.3 Å². The molecule has 2 fully saturated rings. The molecule has 0 radical (unpaired) electrons. The predicted octanol–water partition coefficient (Wildman–Crippen LogP) is 2.92. The zero-order chi connectivity index (χ0) is 15.8. The number of morpholine rings is 1. The minimum Gasteiger partial charge on any atom is -0.371 e. The van der Waals surface area contributed by atoms with Gasteiger partial charge in [-0.05, 0) is 18.9 Å². The lowest BCUT2D eigenvalue weighted by molar-refractivity contribution is -0.0338. The summed E-state index contributed by atoms with van der Waals surface area (Å²) in [7, 11) is 2.08. The highest BCUT2D eigenvalue weighted by atomic mass is 35.5. The maximum absolute atomic E-state index is 6.31. The smallest absolute Gasteiger partial charge is 0.146 e. The Bertz CT molecular complexity index is 698. The second kappa shape index (κ2) is 6.23. The van der Waals surface area contributed by atoms with Crippen LogP contribution in [-0.4, -0.2) is 39.4 Å². The summed E-state index contributed by atoms with van der Waals surface area (Å²) in [5.74, 6) is 2.80. The standard InChI is InChI=1S/C17H21ClN4O/c1-21-16(19-20-17(21)12-6-7-12)11-22-8-9-23-15(10-22)13-4-2-3-5-14(13)18/h2-5,12,15H,6-11H2,1H3/t15-/m0/s1. The van der Waals surface area contributed by atoms with Gasteiger partial charge in [-0.1, -0.05) is 29.8 Å². The Balaban J connectivity index is 1.46. The molecule has 1 saturated heterocycles. The van der Waals surface area contributed by atoms with E-state index in [1.165, 1.54) is 12.8 Å². The van der Waals surface area contributed by atoms with Crippen LogP contribution in [0.5, 0.6) is 0 Å². The number of hydrogen-bond donors (Lipinski definition) is 0. The highest BCUT2D eigenvalue weighted by molar-refractivity contribution is 6.31. The molecule has 4 rings (SSSR count). The van der Waals surface area contributed by atoms with Crippen LogP contribution in [0.3, 0.4) is 0 Å². The van der Waals surface area contributed by atoms with Crippen molar-refractivity contribution < 1.29 is 4.74 Å². The lowest BCUT2D eigenvalue weighted by Gasteiger charge is -2.33. The summed E-state index contributed by atoms with van der Waals surface area (Å²) < 4.78 is 8.09. The van der Waals surface area contributed by atoms with Crippen LogP contribution in [0, 0.1) is 0 Å². The first-order chi connectivity index (χ1) is 11.2. The van der Waals surface area contributed by atoms with Crippen LogP contribution < -0.4 is 0 Å². The summed E-state index contributed by atoms with van der Waals surface area (Å²) >= 11 is 6.31. The van der Waals surface area contributed by atoms with E-state index in [0.29, 0.717) is 12.5 Å². The molecule has 0 unspecified atom stereocenters. The van der Waals surface area contributed by atoms with Gasteiger partial charge in [0.25, 0.3) is 0 Å². The Labute approximate surface area is 141 Å². The molecule has 2 heterocycles. The van der Waals surface area contributed by atoms with Gasteiger partial charge in [0.2, 0.25) is 0 Å². The minimum atomic E-state index is 0.0218. The van der Waals surface area contributed by atoms with Gasteiger partial charge in [-0.2, -0.15) is 0 Å². The molecule has 2 aromatic rings. The number of aromatic nitrogens is 3. The van der Waals surface area contributed by atoms with E-state index in [2.05, 4.69) is 26.7 Å². The molecule has 5 nitrogen and oxygen atoms in total. The summed E-state index contributed by atoms with van der Waals surface area (Å²) in [5.41, 5.74) is 1.07. The van der Waals surface area contributed by atoms with E-state index in [-0.39, 0.29) is 6.10 Å². The first kappa shape index (κ1) is 15.1. The Kier molecular flexibility index (Phi) is 4.09. The molecule has 23 heavy (non-hydrogen) atoms. The zero-order valence-electron chi connectivity index (χ0n) is 13.3. The summed E-state index contributed by atoms with van der Waals surface area (Å²) in [6.45, 7) is 3.26. The van der Waals surface area contributed by atoms with Gasteiger partial charge in [0.1, 0.15) is 11.6 Å². The van der Waals surface area contributed by atoms with Crippen LogP contribution >= 0.6 is 11.6 Å². The van der Waals surface area contributed by atoms with E-state index in [9.17, 15) is 0 Å². The average molecular weight is 333 g/mol. The molecule has 1 atom stereocenters. The Morgan fingerprint density at radius 3 is 2.87 bits per heavy atom. The Hall–Kier alpha value is -1.43. The van der Waals surface area contributed by atoms with Crippen LogP contribution in [0.25, 0.3) is 0 Å². The number of hydrogen-bond acceptors (Lipinski definition) is 4. The number of benzene rings is 1. The zero-order valence-corrected chi connectivity index (χ0v) is 14.0. The first-order valence-corrected chi connectivity index (χ1v) is 8.56. The van der Waals surface area contributed by atoms with Crippen LogP contribution in [-0.2, 0) is 18.3 Å². The molecule has 1 aromatic carbocycles. The van der Waals surface area contributed by atoms with Gasteiger partial charge in [0.15, 0.2) is 0 Å². The molecule has 122 valence electrons. The number of rotatable bonds is 4. The van der Waals surface area contributed by atoms with Crippen LogP contribution in [0.15, 0.2) is 24.3 Å². The van der Waals surface area contributed by atoms with Crippen molar-refractivity contribution in [3.63, 3.8) is 0 Å². The van der Waals surface area contributed by atoms with Gasteiger partial charge < -0.3 is 9.30 Å². The Morgan fingerprint density at radius 2 is 2.09 bits per heavy atom. The average Bonchev–Trinajstić information content (AvgIpc) is 3.34. The molecule has 1 saturated carbocycles. The lowest BCUT2D eigenvalue weighted by Crippen LogP contribution is -2.38. The van der Waals surface area contributed by atoms with Crippen molar-refractivity contribution in [3.8, 4) is 0 Å². The number of nitrogens with zero attached hydrogens (tertiary/aromatic N) is 4. The molecular weight excluding hydrogens is 312 g/mol. The van der Waals surface area contributed by atoms with E-state index in [0.717, 1.165) is 41.9 Å². The first-order valence-electron chi connectivity index (χ1n) is 8.19. The second-order valence-corrected chi connectivity index (χ2v) is 6.83. The molecule has 1 aliphatic heterocycles. The van der Waals surface area contributed by atoms with Crippen LogP contribution in [0.4, 0.5) is 0 Å². The van der Waals surface area contributed by atoms with Crippen molar-refractivity contribution in [2.75, 3.05) is 19.7 Å². The summed E-state index contributed by atoms with van der Waals surface area (Å²) in [5, 5.41) is 9.53. The van der Waals surface area contributed by atoms with Gasteiger partial charge in [-0.3, -0.25) is 4.90 Å². The van der Waals surface area contributed by atoms with Gasteiger partial charge >= 0.3 is 0 Å².